The van der Waals surface area contributed by atoms with Gasteiger partial charge in [-0.15, -0.1) is 0 Å². The van der Waals surface area contributed by atoms with Crippen molar-refractivity contribution in [2.75, 3.05) is 17.2 Å². The molecule has 2 aromatic carbocycles. The third-order valence-corrected chi connectivity index (χ3v) is 6.94. The first kappa shape index (κ1) is 31.0. The number of alkyl halides is 3. The van der Waals surface area contributed by atoms with Crippen LogP contribution >= 0.6 is 34.8 Å². The molecule has 3 amide bonds. The van der Waals surface area contributed by atoms with Crippen LogP contribution in [0.25, 0.3) is 0 Å². The summed E-state index contributed by atoms with van der Waals surface area (Å²) in [6, 6.07) is 8.33. The number of nitrogens with one attached hydrogen (secondary N) is 4. The summed E-state index contributed by atoms with van der Waals surface area (Å²) in [4.78, 5) is 24.8. The lowest BCUT2D eigenvalue weighted by Gasteiger charge is -2.29. The molecule has 3 rings (SSSR count). The highest BCUT2D eigenvalue weighted by Gasteiger charge is 2.33. The summed E-state index contributed by atoms with van der Waals surface area (Å²) < 4.78 is 42.8. The van der Waals surface area contributed by atoms with Crippen molar-refractivity contribution in [3.8, 4) is 5.75 Å². The lowest BCUT2D eigenvalue weighted by molar-refractivity contribution is -0.135. The number of carbonyl (C=O) groups is 2. The second kappa shape index (κ2) is 13.2. The summed E-state index contributed by atoms with van der Waals surface area (Å²) in [6.07, 6.45) is -0.349. The number of carbonyl (C=O) groups excluding carboxylic acids is 2. The summed E-state index contributed by atoms with van der Waals surface area (Å²) >= 11 is 18.5. The molecular formula is C26H30Cl3F3N4O3. The van der Waals surface area contributed by atoms with E-state index in [0.29, 0.717) is 32.9 Å². The predicted molar refractivity (Wildman–Crippen MR) is 148 cm³/mol. The molecule has 214 valence electrons. The molecular weight excluding hydrogens is 580 g/mol. The summed E-state index contributed by atoms with van der Waals surface area (Å²) in [5, 5.41) is 11.6. The molecule has 4 N–H and O–H groups in total. The van der Waals surface area contributed by atoms with E-state index in [1.165, 1.54) is 6.07 Å². The van der Waals surface area contributed by atoms with Crippen LogP contribution in [-0.4, -0.2) is 42.3 Å². The van der Waals surface area contributed by atoms with Gasteiger partial charge < -0.3 is 26.0 Å². The van der Waals surface area contributed by atoms with Gasteiger partial charge in [0.15, 0.2) is 5.60 Å². The number of halogens is 6. The van der Waals surface area contributed by atoms with Crippen LogP contribution in [0.15, 0.2) is 36.4 Å². The van der Waals surface area contributed by atoms with Gasteiger partial charge in [0.25, 0.3) is 5.91 Å². The van der Waals surface area contributed by atoms with Crippen molar-refractivity contribution in [1.82, 2.24) is 10.6 Å². The van der Waals surface area contributed by atoms with E-state index in [-0.39, 0.29) is 23.7 Å². The number of hydrogen-bond acceptors (Lipinski definition) is 4. The van der Waals surface area contributed by atoms with Gasteiger partial charge in [0.2, 0.25) is 0 Å². The number of urea groups is 1. The van der Waals surface area contributed by atoms with Crippen molar-refractivity contribution in [2.45, 2.75) is 69.8 Å². The van der Waals surface area contributed by atoms with Gasteiger partial charge in [-0.05, 0) is 69.5 Å². The maximum Gasteiger partial charge on any atom is 0.405 e. The van der Waals surface area contributed by atoms with Crippen LogP contribution in [0.2, 0.25) is 15.1 Å². The Morgan fingerprint density at radius 3 is 2.31 bits per heavy atom. The van der Waals surface area contributed by atoms with Gasteiger partial charge in [0, 0.05) is 22.8 Å². The number of rotatable bonds is 8. The Morgan fingerprint density at radius 2 is 1.67 bits per heavy atom. The van der Waals surface area contributed by atoms with Gasteiger partial charge in [0.1, 0.15) is 12.3 Å². The molecule has 0 radical (unpaired) electrons. The molecule has 1 saturated carbocycles. The highest BCUT2D eigenvalue weighted by atomic mass is 35.5. The molecule has 2 atom stereocenters. The zero-order chi connectivity index (χ0) is 28.8. The average molecular weight is 610 g/mol. The summed E-state index contributed by atoms with van der Waals surface area (Å²) in [7, 11) is 0. The molecule has 13 heteroatoms. The first-order chi connectivity index (χ1) is 18.2. The molecule has 0 bridgehead atoms. The fraction of sp³-hybridized carbons (Fsp3) is 0.462. The fourth-order valence-electron chi connectivity index (χ4n) is 4.15. The van der Waals surface area contributed by atoms with Crippen LogP contribution < -0.4 is 26.0 Å². The van der Waals surface area contributed by atoms with Crippen LogP contribution in [0.4, 0.5) is 29.3 Å². The van der Waals surface area contributed by atoms with Crippen LogP contribution in [0, 0.1) is 0 Å². The summed E-state index contributed by atoms with van der Waals surface area (Å²) in [6.45, 7) is 1.89. The van der Waals surface area contributed by atoms with E-state index in [4.69, 9.17) is 39.5 Å². The minimum Gasteiger partial charge on any atom is -0.476 e. The number of amides is 3. The summed E-state index contributed by atoms with van der Waals surface area (Å²) in [5.41, 5.74) is -0.333. The van der Waals surface area contributed by atoms with E-state index >= 15 is 0 Å². The number of ether oxygens (including phenoxy) is 1. The predicted octanol–water partition coefficient (Wildman–Crippen LogP) is 7.42. The van der Waals surface area contributed by atoms with Gasteiger partial charge in [-0.3, -0.25) is 4.79 Å². The molecule has 1 aliphatic rings. The fourth-order valence-corrected chi connectivity index (χ4v) is 4.83. The summed E-state index contributed by atoms with van der Waals surface area (Å²) in [5.74, 6) is 0.0727. The van der Waals surface area contributed by atoms with Crippen LogP contribution in [0.5, 0.6) is 5.75 Å². The Bertz CT molecular complexity index is 1180. The monoisotopic (exact) mass is 608 g/mol. The van der Waals surface area contributed by atoms with Crippen LogP contribution in [0.1, 0.15) is 46.0 Å². The zero-order valence-electron chi connectivity index (χ0n) is 21.4. The van der Waals surface area contributed by atoms with Crippen molar-refractivity contribution < 1.29 is 27.5 Å². The number of hydrogen-bond donors (Lipinski definition) is 4. The Morgan fingerprint density at radius 1 is 0.974 bits per heavy atom. The number of benzene rings is 2. The van der Waals surface area contributed by atoms with Crippen molar-refractivity contribution in [1.29, 1.82) is 0 Å². The lowest BCUT2D eigenvalue weighted by atomic mass is 10.0. The quantitative estimate of drug-likeness (QED) is 0.235. The Kier molecular flexibility index (Phi) is 10.5. The van der Waals surface area contributed by atoms with Crippen LogP contribution in [-0.2, 0) is 4.79 Å². The molecule has 0 saturated heterocycles. The van der Waals surface area contributed by atoms with E-state index < -0.39 is 24.4 Å². The molecule has 0 spiro atoms. The molecule has 0 aromatic heterocycles. The topological polar surface area (TPSA) is 91.5 Å². The second-order valence-corrected chi connectivity index (χ2v) is 11.1. The highest BCUT2D eigenvalue weighted by molar-refractivity contribution is 6.35. The highest BCUT2D eigenvalue weighted by Crippen LogP contribution is 2.32. The molecule has 1 aliphatic carbocycles. The minimum absolute atomic E-state index is 0.000987. The van der Waals surface area contributed by atoms with Gasteiger partial charge in [-0.2, -0.15) is 13.2 Å². The molecule has 0 aliphatic heterocycles. The van der Waals surface area contributed by atoms with Crippen LogP contribution in [0.3, 0.4) is 0 Å². The van der Waals surface area contributed by atoms with Crippen molar-refractivity contribution in [3.63, 3.8) is 0 Å². The lowest BCUT2D eigenvalue weighted by Crippen LogP contribution is -2.50. The third kappa shape index (κ3) is 9.85. The van der Waals surface area contributed by atoms with E-state index in [9.17, 15) is 22.8 Å². The van der Waals surface area contributed by atoms with Gasteiger partial charge in [-0.1, -0.05) is 47.6 Å². The van der Waals surface area contributed by atoms with Gasteiger partial charge in [-0.25, -0.2) is 4.79 Å². The van der Waals surface area contributed by atoms with Gasteiger partial charge >= 0.3 is 12.2 Å². The maximum atomic E-state index is 13.1. The molecule has 1 fully saturated rings. The standard InChI is InChI=1S/C26H30Cl3F3N4O3/c1-25(2,39-22-10-7-15(27)11-20(22)29)23(37)35-17-6-4-3-5-16(12-17)34-21-9-8-18(13-19(21)28)36-24(38)33-14-26(30,31)32/h7-11,13,16-17,34H,3-6,12,14H2,1-2H3,(H,35,37)(H2,33,36,38). The van der Waals surface area contributed by atoms with E-state index in [2.05, 4.69) is 16.0 Å². The Labute approximate surface area is 240 Å². The molecule has 2 aromatic rings. The van der Waals surface area contributed by atoms with Gasteiger partial charge in [0.05, 0.1) is 15.7 Å². The first-order valence-electron chi connectivity index (χ1n) is 12.3. The SMILES string of the molecule is CC(C)(Oc1ccc(Cl)cc1Cl)C(=O)NC1CCCCC(Nc2ccc(NC(=O)NCC(F)(F)F)cc2Cl)C1. The second-order valence-electron chi connectivity index (χ2n) is 9.84. The van der Waals surface area contributed by atoms with E-state index in [0.717, 1.165) is 25.7 Å². The first-order valence-corrected chi connectivity index (χ1v) is 13.5. The maximum absolute atomic E-state index is 13.1. The number of anilines is 2. The van der Waals surface area contributed by atoms with Crippen molar-refractivity contribution in [2.24, 2.45) is 0 Å². The van der Waals surface area contributed by atoms with Crippen molar-refractivity contribution in [3.05, 3.63) is 51.5 Å². The molecule has 0 heterocycles. The zero-order valence-corrected chi connectivity index (χ0v) is 23.6. The smallest absolute Gasteiger partial charge is 0.405 e. The average Bonchev–Trinajstić information content (AvgIpc) is 3.05. The third-order valence-electron chi connectivity index (χ3n) is 6.10. The Balaban J connectivity index is 1.58. The van der Waals surface area contributed by atoms with E-state index in [1.54, 1.807) is 49.5 Å². The van der Waals surface area contributed by atoms with E-state index in [1.807, 2.05) is 0 Å². The normalized spacial score (nSPS) is 18.1. The largest absolute Gasteiger partial charge is 0.476 e. The van der Waals surface area contributed by atoms with Crippen molar-refractivity contribution >= 4 is 58.1 Å². The molecule has 39 heavy (non-hydrogen) atoms. The minimum atomic E-state index is -4.51. The molecule has 7 nitrogen and oxygen atoms in total. The Hall–Kier alpha value is -2.56. The molecule has 2 unspecified atom stereocenters.